The molecule has 4 heteroatoms. The van der Waals surface area contributed by atoms with Crippen molar-refractivity contribution in [1.82, 2.24) is 9.97 Å². The van der Waals surface area contributed by atoms with Crippen molar-refractivity contribution in [2.24, 2.45) is 0 Å². The van der Waals surface area contributed by atoms with Crippen molar-refractivity contribution in [3.05, 3.63) is 74.4 Å². The largest absolute Gasteiger partial charge is 0.335 e. The molecular formula is C16H18N2OS. The summed E-state index contributed by atoms with van der Waals surface area (Å²) in [6, 6.07) is 11.7. The van der Waals surface area contributed by atoms with E-state index in [1.807, 2.05) is 18.2 Å². The topological polar surface area (TPSA) is 48.6 Å². The van der Waals surface area contributed by atoms with Crippen molar-refractivity contribution in [1.29, 1.82) is 0 Å². The highest BCUT2D eigenvalue weighted by Gasteiger charge is 2.14. The summed E-state index contributed by atoms with van der Waals surface area (Å²) in [4.78, 5) is 17.3. The Labute approximate surface area is 123 Å². The highest BCUT2D eigenvalue weighted by molar-refractivity contribution is 7.71. The third-order valence-electron chi connectivity index (χ3n) is 3.12. The first-order valence-corrected chi connectivity index (χ1v) is 6.99. The molecule has 3 nitrogen and oxygen atoms in total. The first-order valence-electron chi connectivity index (χ1n) is 6.58. The molecule has 0 spiro atoms. The molecule has 1 aromatic carbocycles. The summed E-state index contributed by atoms with van der Waals surface area (Å²) in [5, 5.41) is 0. The van der Waals surface area contributed by atoms with Gasteiger partial charge in [-0.05, 0) is 38.0 Å². The van der Waals surface area contributed by atoms with Crippen LogP contribution in [0.25, 0.3) is 0 Å². The Kier molecular flexibility index (Phi) is 4.69. The number of hydrogen-bond donors (Lipinski definition) is 2. The Morgan fingerprint density at radius 1 is 1.25 bits per heavy atom. The van der Waals surface area contributed by atoms with Gasteiger partial charge < -0.3 is 4.98 Å². The zero-order valence-corrected chi connectivity index (χ0v) is 12.5. The molecule has 1 unspecified atom stereocenters. The van der Waals surface area contributed by atoms with E-state index in [9.17, 15) is 4.79 Å². The van der Waals surface area contributed by atoms with Crippen LogP contribution in [-0.2, 0) is 0 Å². The van der Waals surface area contributed by atoms with Crippen molar-refractivity contribution in [2.75, 3.05) is 0 Å². The Balaban J connectivity index is 2.48. The highest BCUT2D eigenvalue weighted by Crippen LogP contribution is 2.26. The van der Waals surface area contributed by atoms with Gasteiger partial charge in [-0.15, -0.1) is 0 Å². The summed E-state index contributed by atoms with van der Waals surface area (Å²) < 4.78 is 0.366. The quantitative estimate of drug-likeness (QED) is 0.661. The van der Waals surface area contributed by atoms with E-state index in [0.29, 0.717) is 4.77 Å². The summed E-state index contributed by atoms with van der Waals surface area (Å²) in [5.74, 6) is 0.107. The fraction of sp³-hybridized carbons (Fsp3) is 0.250. The molecule has 1 aromatic heterocycles. The third-order valence-corrected chi connectivity index (χ3v) is 3.32. The molecule has 104 valence electrons. The lowest BCUT2D eigenvalue weighted by molar-refractivity contribution is 0.776. The Morgan fingerprint density at radius 3 is 2.55 bits per heavy atom. The zero-order chi connectivity index (χ0) is 14.5. The number of aromatic nitrogens is 2. The van der Waals surface area contributed by atoms with Gasteiger partial charge in [-0.3, -0.25) is 9.78 Å². The van der Waals surface area contributed by atoms with Crippen LogP contribution in [0.2, 0.25) is 0 Å². The molecule has 2 aromatic rings. The molecule has 1 atom stereocenters. The molecule has 0 fully saturated rings. The number of allylic oxidation sites excluding steroid dienone is 2. The predicted molar refractivity (Wildman–Crippen MR) is 84.6 cm³/mol. The first kappa shape index (κ1) is 14.5. The van der Waals surface area contributed by atoms with E-state index in [1.54, 1.807) is 6.07 Å². The monoisotopic (exact) mass is 286 g/mol. The number of benzene rings is 1. The standard InChI is InChI=1S/C16H18N2OS/c1-11(2)8-9-13(12-6-4-3-5-7-12)14-10-15(19)18-16(20)17-14/h3-8,10,13H,9H2,1-2H3,(H2,17,18,19,20). The summed E-state index contributed by atoms with van der Waals surface area (Å²) in [5.41, 5.74) is 3.11. The minimum absolute atomic E-state index is 0.107. The normalized spacial score (nSPS) is 11.9. The van der Waals surface area contributed by atoms with Gasteiger partial charge in [-0.1, -0.05) is 42.0 Å². The average Bonchev–Trinajstić information content (AvgIpc) is 2.38. The molecular weight excluding hydrogens is 268 g/mol. The molecule has 0 radical (unpaired) electrons. The summed E-state index contributed by atoms with van der Waals surface area (Å²) in [7, 11) is 0. The summed E-state index contributed by atoms with van der Waals surface area (Å²) >= 11 is 5.07. The second-order valence-electron chi connectivity index (χ2n) is 5.02. The minimum atomic E-state index is -0.165. The van der Waals surface area contributed by atoms with Crippen LogP contribution >= 0.6 is 12.2 Å². The number of nitrogens with one attached hydrogen (secondary N) is 2. The van der Waals surface area contributed by atoms with E-state index in [2.05, 4.69) is 42.0 Å². The maximum atomic E-state index is 11.6. The van der Waals surface area contributed by atoms with Crippen LogP contribution in [0.5, 0.6) is 0 Å². The van der Waals surface area contributed by atoms with Gasteiger partial charge in [-0.2, -0.15) is 0 Å². The molecule has 2 N–H and O–H groups in total. The second-order valence-corrected chi connectivity index (χ2v) is 5.43. The van der Waals surface area contributed by atoms with Crippen molar-refractivity contribution in [3.63, 3.8) is 0 Å². The van der Waals surface area contributed by atoms with Crippen LogP contribution in [0.3, 0.4) is 0 Å². The molecule has 2 rings (SSSR count). The summed E-state index contributed by atoms with van der Waals surface area (Å²) in [6.07, 6.45) is 3.01. The third kappa shape index (κ3) is 3.78. The van der Waals surface area contributed by atoms with Gasteiger partial charge in [-0.25, -0.2) is 0 Å². The molecule has 0 amide bonds. The van der Waals surface area contributed by atoms with Gasteiger partial charge in [0, 0.05) is 17.7 Å². The van der Waals surface area contributed by atoms with E-state index in [4.69, 9.17) is 12.2 Å². The van der Waals surface area contributed by atoms with Crippen molar-refractivity contribution in [2.45, 2.75) is 26.2 Å². The van der Waals surface area contributed by atoms with Crippen LogP contribution in [0.4, 0.5) is 0 Å². The number of rotatable bonds is 4. The zero-order valence-electron chi connectivity index (χ0n) is 11.6. The lowest BCUT2D eigenvalue weighted by Gasteiger charge is -2.16. The summed E-state index contributed by atoms with van der Waals surface area (Å²) in [6.45, 7) is 4.14. The Morgan fingerprint density at radius 2 is 1.95 bits per heavy atom. The van der Waals surface area contributed by atoms with E-state index in [0.717, 1.165) is 12.1 Å². The molecule has 0 aliphatic heterocycles. The molecule has 0 aliphatic rings. The predicted octanol–water partition coefficient (Wildman–Crippen LogP) is 3.92. The van der Waals surface area contributed by atoms with Gasteiger partial charge in [0.05, 0.1) is 0 Å². The molecule has 20 heavy (non-hydrogen) atoms. The Hall–Kier alpha value is -1.94. The van der Waals surface area contributed by atoms with Gasteiger partial charge in [0.15, 0.2) is 4.77 Å². The van der Waals surface area contributed by atoms with Crippen molar-refractivity contribution in [3.8, 4) is 0 Å². The SMILES string of the molecule is CC(C)=CCC(c1ccccc1)c1cc(=O)[nH]c(=S)[nH]1. The number of H-pyrrole nitrogens is 2. The van der Waals surface area contributed by atoms with Crippen LogP contribution in [0.1, 0.15) is 37.4 Å². The highest BCUT2D eigenvalue weighted by atomic mass is 32.1. The van der Waals surface area contributed by atoms with Gasteiger partial charge in [0.25, 0.3) is 5.56 Å². The maximum absolute atomic E-state index is 11.6. The fourth-order valence-corrected chi connectivity index (χ4v) is 2.38. The van der Waals surface area contributed by atoms with E-state index in [-0.39, 0.29) is 11.5 Å². The minimum Gasteiger partial charge on any atom is -0.335 e. The van der Waals surface area contributed by atoms with E-state index in [1.165, 1.54) is 11.1 Å². The maximum Gasteiger partial charge on any atom is 0.251 e. The lowest BCUT2D eigenvalue weighted by atomic mass is 9.91. The smallest absolute Gasteiger partial charge is 0.251 e. The molecule has 0 saturated heterocycles. The van der Waals surface area contributed by atoms with Crippen LogP contribution in [0.15, 0.2) is 52.8 Å². The lowest BCUT2D eigenvalue weighted by Crippen LogP contribution is -2.12. The van der Waals surface area contributed by atoms with E-state index >= 15 is 0 Å². The van der Waals surface area contributed by atoms with Gasteiger partial charge in [0.2, 0.25) is 0 Å². The second kappa shape index (κ2) is 6.48. The van der Waals surface area contributed by atoms with Crippen molar-refractivity contribution >= 4 is 12.2 Å². The Bertz CT molecular complexity index is 681. The van der Waals surface area contributed by atoms with Crippen molar-refractivity contribution < 1.29 is 0 Å². The molecule has 1 heterocycles. The first-order chi connectivity index (χ1) is 9.56. The van der Waals surface area contributed by atoms with Gasteiger partial charge in [0.1, 0.15) is 0 Å². The average molecular weight is 286 g/mol. The van der Waals surface area contributed by atoms with Crippen LogP contribution < -0.4 is 5.56 Å². The van der Waals surface area contributed by atoms with E-state index < -0.39 is 0 Å². The molecule has 0 bridgehead atoms. The number of aromatic amines is 2. The fourth-order valence-electron chi connectivity index (χ4n) is 2.16. The number of hydrogen-bond acceptors (Lipinski definition) is 2. The van der Waals surface area contributed by atoms with Crippen LogP contribution in [-0.4, -0.2) is 9.97 Å². The molecule has 0 saturated carbocycles. The van der Waals surface area contributed by atoms with Gasteiger partial charge >= 0.3 is 0 Å². The molecule has 0 aliphatic carbocycles. The van der Waals surface area contributed by atoms with Crippen LogP contribution in [0, 0.1) is 4.77 Å².